The number of nitrogens with one attached hydrogen (secondary N) is 1. The maximum Gasteiger partial charge on any atom is 0.234 e. The summed E-state index contributed by atoms with van der Waals surface area (Å²) in [4.78, 5) is 13.5. The fraction of sp³-hybridized carbons (Fsp3) is 0.467. The molecule has 0 bridgehead atoms. The van der Waals surface area contributed by atoms with E-state index in [1.54, 1.807) is 11.9 Å². The number of nitriles is 1. The summed E-state index contributed by atoms with van der Waals surface area (Å²) in [6.45, 7) is 6.16. The fourth-order valence-electron chi connectivity index (χ4n) is 1.82. The average molecular weight is 277 g/mol. The Morgan fingerprint density at radius 2 is 2.10 bits per heavy atom. The summed E-state index contributed by atoms with van der Waals surface area (Å²) in [7, 11) is 1.74. The van der Waals surface area contributed by atoms with Crippen LogP contribution in [0.3, 0.4) is 0 Å². The minimum atomic E-state index is -0.368. The molecule has 0 spiro atoms. The number of hydrogen-bond donors (Lipinski definition) is 1. The van der Waals surface area contributed by atoms with E-state index in [-0.39, 0.29) is 30.4 Å². The first-order valence-corrected chi connectivity index (χ1v) is 6.39. The van der Waals surface area contributed by atoms with Gasteiger partial charge in [-0.2, -0.15) is 5.26 Å². The third-order valence-corrected chi connectivity index (χ3v) is 2.54. The van der Waals surface area contributed by atoms with Gasteiger partial charge in [0.25, 0.3) is 0 Å². The highest BCUT2D eigenvalue weighted by Crippen LogP contribution is 2.12. The zero-order valence-electron chi connectivity index (χ0n) is 12.3. The molecule has 0 aliphatic carbocycles. The number of halogens is 1. The van der Waals surface area contributed by atoms with E-state index in [0.29, 0.717) is 11.1 Å². The molecule has 0 aliphatic rings. The van der Waals surface area contributed by atoms with Gasteiger partial charge < -0.3 is 5.32 Å². The fourth-order valence-corrected chi connectivity index (χ4v) is 1.82. The Balaban J connectivity index is 2.65. The molecule has 1 N–H and O–H groups in total. The van der Waals surface area contributed by atoms with Crippen molar-refractivity contribution in [2.24, 2.45) is 0 Å². The minimum absolute atomic E-state index is 0.114. The van der Waals surface area contributed by atoms with Crippen LogP contribution in [-0.4, -0.2) is 29.9 Å². The predicted molar refractivity (Wildman–Crippen MR) is 75.3 cm³/mol. The van der Waals surface area contributed by atoms with Crippen molar-refractivity contribution >= 4 is 5.91 Å². The lowest BCUT2D eigenvalue weighted by Gasteiger charge is -2.23. The first-order chi connectivity index (χ1) is 9.21. The molecule has 108 valence electrons. The molecule has 20 heavy (non-hydrogen) atoms. The standard InChI is InChI=1S/C15H20FN3O/c1-15(2,3)18-14(20)10-19(4)9-12-7-11(8-17)5-6-13(12)16/h5-7H,9-10H2,1-4H3,(H,18,20). The van der Waals surface area contributed by atoms with Crippen molar-refractivity contribution in [1.29, 1.82) is 5.26 Å². The van der Waals surface area contributed by atoms with Crippen molar-refractivity contribution < 1.29 is 9.18 Å². The van der Waals surface area contributed by atoms with Crippen molar-refractivity contribution in [3.05, 3.63) is 35.1 Å². The lowest BCUT2D eigenvalue weighted by molar-refractivity contribution is -0.123. The number of rotatable bonds is 4. The molecule has 0 atom stereocenters. The highest BCUT2D eigenvalue weighted by atomic mass is 19.1. The van der Waals surface area contributed by atoms with Crippen molar-refractivity contribution in [3.8, 4) is 6.07 Å². The number of amides is 1. The lowest BCUT2D eigenvalue weighted by atomic mass is 10.1. The quantitative estimate of drug-likeness (QED) is 0.916. The van der Waals surface area contributed by atoms with E-state index in [1.807, 2.05) is 26.8 Å². The Bertz CT molecular complexity index is 529. The van der Waals surface area contributed by atoms with E-state index in [2.05, 4.69) is 5.32 Å². The van der Waals surface area contributed by atoms with Gasteiger partial charge in [0.15, 0.2) is 0 Å². The van der Waals surface area contributed by atoms with Crippen LogP contribution in [-0.2, 0) is 11.3 Å². The molecule has 0 heterocycles. The molecule has 1 aromatic rings. The molecule has 1 aromatic carbocycles. The van der Waals surface area contributed by atoms with E-state index in [9.17, 15) is 9.18 Å². The second-order valence-corrected chi connectivity index (χ2v) is 5.89. The molecule has 0 fully saturated rings. The van der Waals surface area contributed by atoms with Crippen LogP contribution in [0.5, 0.6) is 0 Å². The molecule has 0 aliphatic heterocycles. The number of carbonyl (C=O) groups is 1. The topological polar surface area (TPSA) is 56.1 Å². The van der Waals surface area contributed by atoms with Crippen LogP contribution in [0.15, 0.2) is 18.2 Å². The molecule has 4 nitrogen and oxygen atoms in total. The monoisotopic (exact) mass is 277 g/mol. The van der Waals surface area contributed by atoms with E-state index >= 15 is 0 Å². The summed E-state index contributed by atoms with van der Waals surface area (Å²) in [5.74, 6) is -0.482. The Labute approximate surface area is 119 Å². The predicted octanol–water partition coefficient (Wildman–Crippen LogP) is 2.04. The Kier molecular flexibility index (Phi) is 5.23. The zero-order chi connectivity index (χ0) is 15.3. The SMILES string of the molecule is CN(CC(=O)NC(C)(C)C)Cc1cc(C#N)ccc1F. The van der Waals surface area contributed by atoms with Gasteiger partial charge >= 0.3 is 0 Å². The summed E-state index contributed by atoms with van der Waals surface area (Å²) in [6, 6.07) is 6.19. The highest BCUT2D eigenvalue weighted by molar-refractivity contribution is 5.78. The van der Waals surface area contributed by atoms with Gasteiger partial charge in [-0.05, 0) is 46.0 Å². The van der Waals surface area contributed by atoms with Crippen LogP contribution >= 0.6 is 0 Å². The number of nitrogens with zero attached hydrogens (tertiary/aromatic N) is 2. The third kappa shape index (κ3) is 5.37. The van der Waals surface area contributed by atoms with Crippen LogP contribution in [0, 0.1) is 17.1 Å². The van der Waals surface area contributed by atoms with Crippen LogP contribution in [0.2, 0.25) is 0 Å². The zero-order valence-corrected chi connectivity index (χ0v) is 12.3. The summed E-state index contributed by atoms with van der Waals surface area (Å²) in [5.41, 5.74) is 0.535. The minimum Gasteiger partial charge on any atom is -0.350 e. The largest absolute Gasteiger partial charge is 0.350 e. The summed E-state index contributed by atoms with van der Waals surface area (Å²) in [6.07, 6.45) is 0. The van der Waals surface area contributed by atoms with Crippen LogP contribution in [0.25, 0.3) is 0 Å². The maximum atomic E-state index is 13.6. The van der Waals surface area contributed by atoms with E-state index in [0.717, 1.165) is 0 Å². The van der Waals surface area contributed by atoms with Crippen molar-refractivity contribution in [3.63, 3.8) is 0 Å². The third-order valence-electron chi connectivity index (χ3n) is 2.54. The molecule has 5 heteroatoms. The van der Waals surface area contributed by atoms with Gasteiger partial charge in [0.1, 0.15) is 5.82 Å². The molecule has 0 saturated heterocycles. The summed E-state index contributed by atoms with van der Waals surface area (Å²) < 4.78 is 13.6. The van der Waals surface area contributed by atoms with Gasteiger partial charge in [-0.25, -0.2) is 4.39 Å². The number of hydrogen-bond acceptors (Lipinski definition) is 3. The Morgan fingerprint density at radius 3 is 2.65 bits per heavy atom. The molecule has 0 saturated carbocycles. The van der Waals surface area contributed by atoms with Crippen LogP contribution < -0.4 is 5.32 Å². The normalized spacial score (nSPS) is 11.2. The van der Waals surface area contributed by atoms with Gasteiger partial charge in [-0.3, -0.25) is 9.69 Å². The van der Waals surface area contributed by atoms with Crippen molar-refractivity contribution in [2.75, 3.05) is 13.6 Å². The van der Waals surface area contributed by atoms with E-state index in [4.69, 9.17) is 5.26 Å². The molecule has 0 radical (unpaired) electrons. The second kappa shape index (κ2) is 6.49. The van der Waals surface area contributed by atoms with E-state index < -0.39 is 0 Å². The molecule has 0 unspecified atom stereocenters. The number of benzene rings is 1. The van der Waals surface area contributed by atoms with Crippen molar-refractivity contribution in [1.82, 2.24) is 10.2 Å². The number of likely N-dealkylation sites (N-methyl/N-ethyl adjacent to an activating group) is 1. The summed E-state index contributed by atoms with van der Waals surface area (Å²) >= 11 is 0. The molecule has 0 aromatic heterocycles. The first kappa shape index (κ1) is 16.1. The van der Waals surface area contributed by atoms with Gasteiger partial charge in [0.2, 0.25) is 5.91 Å². The van der Waals surface area contributed by atoms with Gasteiger partial charge in [0, 0.05) is 17.6 Å². The summed E-state index contributed by atoms with van der Waals surface area (Å²) in [5, 5.41) is 11.7. The molecule has 1 rings (SSSR count). The van der Waals surface area contributed by atoms with Gasteiger partial charge in [-0.1, -0.05) is 0 Å². The molecular formula is C15H20FN3O. The van der Waals surface area contributed by atoms with Gasteiger partial charge in [-0.15, -0.1) is 0 Å². The van der Waals surface area contributed by atoms with Crippen molar-refractivity contribution in [2.45, 2.75) is 32.9 Å². The van der Waals surface area contributed by atoms with E-state index in [1.165, 1.54) is 18.2 Å². The molecular weight excluding hydrogens is 257 g/mol. The first-order valence-electron chi connectivity index (χ1n) is 6.39. The highest BCUT2D eigenvalue weighted by Gasteiger charge is 2.16. The molecule has 1 amide bonds. The maximum absolute atomic E-state index is 13.6. The Morgan fingerprint density at radius 1 is 1.45 bits per heavy atom. The lowest BCUT2D eigenvalue weighted by Crippen LogP contribution is -2.45. The average Bonchev–Trinajstić information content (AvgIpc) is 2.29. The smallest absolute Gasteiger partial charge is 0.234 e. The van der Waals surface area contributed by atoms with Crippen LogP contribution in [0.1, 0.15) is 31.9 Å². The second-order valence-electron chi connectivity index (χ2n) is 5.89. The van der Waals surface area contributed by atoms with Gasteiger partial charge in [0.05, 0.1) is 18.2 Å². The number of carbonyl (C=O) groups excluding carboxylic acids is 1. The van der Waals surface area contributed by atoms with Crippen LogP contribution in [0.4, 0.5) is 4.39 Å². The Hall–Kier alpha value is -1.93.